The van der Waals surface area contributed by atoms with Gasteiger partial charge >= 0.3 is 12.3 Å². The molecule has 1 aliphatic heterocycles. The predicted octanol–water partition coefficient (Wildman–Crippen LogP) is 1.15. The van der Waals surface area contributed by atoms with E-state index in [1.165, 1.54) is 11.9 Å². The van der Waals surface area contributed by atoms with E-state index >= 15 is 0 Å². The maximum absolute atomic E-state index is 13.4. The van der Waals surface area contributed by atoms with Crippen LogP contribution in [-0.4, -0.2) is 61.5 Å². The van der Waals surface area contributed by atoms with Crippen molar-refractivity contribution in [2.75, 3.05) is 30.3 Å². The highest BCUT2D eigenvalue weighted by Crippen LogP contribution is 2.38. The van der Waals surface area contributed by atoms with Gasteiger partial charge in [0.15, 0.2) is 11.3 Å². The Bertz CT molecular complexity index is 835. The van der Waals surface area contributed by atoms with Crippen LogP contribution in [0, 0.1) is 0 Å². The van der Waals surface area contributed by atoms with E-state index in [9.17, 15) is 18.0 Å². The number of rotatable bonds is 1. The van der Waals surface area contributed by atoms with E-state index in [0.717, 1.165) is 4.68 Å². The minimum Gasteiger partial charge on any atom is -0.465 e. The zero-order valence-electron chi connectivity index (χ0n) is 13.4. The number of hydrogen-bond acceptors (Lipinski definition) is 6. The average Bonchev–Trinajstić information content (AvgIpc) is 2.84. The molecule has 1 fully saturated rings. The lowest BCUT2D eigenvalue weighted by Gasteiger charge is -2.39. The van der Waals surface area contributed by atoms with Crippen LogP contribution in [0.2, 0.25) is 0 Å². The molecule has 0 bridgehead atoms. The standard InChI is InChI=1S/C13H16F3N7O2/c1-6-5-22(12(24)25)3-4-23(6)10-7-8(13(14,15)16)20-21(2)9(7)18-11(17)19-10/h6H,3-5H2,1-2H3,(H,24,25)(H2,17,18,19)/t6-/m0/s1. The van der Waals surface area contributed by atoms with Gasteiger partial charge in [-0.15, -0.1) is 0 Å². The summed E-state index contributed by atoms with van der Waals surface area (Å²) in [4.78, 5) is 21.8. The summed E-state index contributed by atoms with van der Waals surface area (Å²) >= 11 is 0. The molecule has 2 aromatic heterocycles. The second-order valence-corrected chi connectivity index (χ2v) is 5.84. The lowest BCUT2D eigenvalue weighted by molar-refractivity contribution is -0.140. The van der Waals surface area contributed by atoms with E-state index in [4.69, 9.17) is 10.8 Å². The number of fused-ring (bicyclic) bond motifs is 1. The molecule has 1 saturated heterocycles. The number of nitrogens with two attached hydrogens (primary N) is 1. The maximum atomic E-state index is 13.4. The molecule has 25 heavy (non-hydrogen) atoms. The van der Waals surface area contributed by atoms with Crippen LogP contribution in [-0.2, 0) is 13.2 Å². The van der Waals surface area contributed by atoms with Crippen LogP contribution in [0.15, 0.2) is 0 Å². The van der Waals surface area contributed by atoms with E-state index in [2.05, 4.69) is 15.1 Å². The second kappa shape index (κ2) is 5.63. The van der Waals surface area contributed by atoms with Crippen molar-refractivity contribution in [3.63, 3.8) is 0 Å². The fourth-order valence-corrected chi connectivity index (χ4v) is 3.00. The van der Waals surface area contributed by atoms with Crippen LogP contribution in [0.3, 0.4) is 0 Å². The summed E-state index contributed by atoms with van der Waals surface area (Å²) in [6, 6.07) is -0.386. The van der Waals surface area contributed by atoms with E-state index in [-0.39, 0.29) is 48.5 Å². The molecule has 0 saturated carbocycles. The fraction of sp³-hybridized carbons (Fsp3) is 0.538. The molecule has 1 atom stereocenters. The van der Waals surface area contributed by atoms with Crippen LogP contribution >= 0.6 is 0 Å². The Morgan fingerprint density at radius 3 is 2.56 bits per heavy atom. The number of nitrogen functional groups attached to an aromatic ring is 1. The van der Waals surface area contributed by atoms with Gasteiger partial charge in [-0.2, -0.15) is 28.2 Å². The molecular weight excluding hydrogens is 343 g/mol. The van der Waals surface area contributed by atoms with Crippen molar-refractivity contribution in [3.05, 3.63) is 5.69 Å². The third-order valence-electron chi connectivity index (χ3n) is 4.12. The molecule has 0 spiro atoms. The van der Waals surface area contributed by atoms with Gasteiger partial charge in [-0.1, -0.05) is 0 Å². The number of piperazine rings is 1. The summed E-state index contributed by atoms with van der Waals surface area (Å²) < 4.78 is 41.1. The number of anilines is 2. The van der Waals surface area contributed by atoms with Crippen LogP contribution in [0.1, 0.15) is 12.6 Å². The molecule has 2 aromatic rings. The quantitative estimate of drug-likeness (QED) is 0.785. The van der Waals surface area contributed by atoms with Crippen molar-refractivity contribution in [1.29, 1.82) is 0 Å². The normalized spacial score (nSPS) is 18.8. The van der Waals surface area contributed by atoms with E-state index in [0.29, 0.717) is 0 Å². The van der Waals surface area contributed by atoms with E-state index < -0.39 is 18.0 Å². The fourth-order valence-electron chi connectivity index (χ4n) is 3.00. The molecule has 0 aliphatic carbocycles. The Labute approximate surface area is 139 Å². The average molecular weight is 359 g/mol. The first kappa shape index (κ1) is 17.0. The van der Waals surface area contributed by atoms with Gasteiger partial charge < -0.3 is 20.6 Å². The molecule has 1 aliphatic rings. The minimum absolute atomic E-state index is 0.0143. The van der Waals surface area contributed by atoms with Gasteiger partial charge in [0.1, 0.15) is 5.82 Å². The lowest BCUT2D eigenvalue weighted by Crippen LogP contribution is -2.53. The van der Waals surface area contributed by atoms with E-state index in [1.807, 2.05) is 0 Å². The van der Waals surface area contributed by atoms with E-state index in [1.54, 1.807) is 11.8 Å². The van der Waals surface area contributed by atoms with Gasteiger partial charge in [0.05, 0.1) is 5.39 Å². The molecule has 1 amide bonds. The predicted molar refractivity (Wildman–Crippen MR) is 82.1 cm³/mol. The Hall–Kier alpha value is -2.79. The Morgan fingerprint density at radius 2 is 2.00 bits per heavy atom. The van der Waals surface area contributed by atoms with Gasteiger partial charge in [0, 0.05) is 32.7 Å². The molecule has 0 aromatic carbocycles. The molecule has 0 unspecified atom stereocenters. The Morgan fingerprint density at radius 1 is 1.32 bits per heavy atom. The van der Waals surface area contributed by atoms with Crippen molar-refractivity contribution in [3.8, 4) is 0 Å². The topological polar surface area (TPSA) is 113 Å². The number of hydrogen-bond donors (Lipinski definition) is 2. The third kappa shape index (κ3) is 2.87. The number of amides is 1. The molecule has 12 heteroatoms. The number of carbonyl (C=O) groups is 1. The van der Waals surface area contributed by atoms with Crippen LogP contribution in [0.5, 0.6) is 0 Å². The lowest BCUT2D eigenvalue weighted by atomic mass is 10.1. The van der Waals surface area contributed by atoms with Gasteiger partial charge in [0.25, 0.3) is 0 Å². The van der Waals surface area contributed by atoms with Crippen molar-refractivity contribution >= 4 is 28.9 Å². The first-order chi connectivity index (χ1) is 11.6. The number of aromatic nitrogens is 4. The first-order valence-corrected chi connectivity index (χ1v) is 7.41. The largest absolute Gasteiger partial charge is 0.465 e. The third-order valence-corrected chi connectivity index (χ3v) is 4.12. The molecule has 3 heterocycles. The number of carboxylic acid groups (broad SMARTS) is 1. The summed E-state index contributed by atoms with van der Waals surface area (Å²) in [5, 5.41) is 12.4. The Kier molecular flexibility index (Phi) is 3.84. The highest BCUT2D eigenvalue weighted by atomic mass is 19.4. The van der Waals surface area contributed by atoms with Gasteiger partial charge in [-0.3, -0.25) is 0 Å². The van der Waals surface area contributed by atoms with Crippen LogP contribution in [0.25, 0.3) is 11.0 Å². The smallest absolute Gasteiger partial charge is 0.435 e. The van der Waals surface area contributed by atoms with Gasteiger partial charge in [-0.25, -0.2) is 9.48 Å². The number of halogens is 3. The summed E-state index contributed by atoms with van der Waals surface area (Å²) in [7, 11) is 1.35. The van der Waals surface area contributed by atoms with Crippen LogP contribution in [0.4, 0.5) is 29.7 Å². The first-order valence-electron chi connectivity index (χ1n) is 7.41. The van der Waals surface area contributed by atoms with Gasteiger partial charge in [0.2, 0.25) is 5.95 Å². The SMILES string of the molecule is C[C@H]1CN(C(=O)O)CCN1c1nc(N)nc2c1c(C(F)(F)F)nn2C. The minimum atomic E-state index is -4.68. The molecule has 136 valence electrons. The van der Waals surface area contributed by atoms with Crippen LogP contribution < -0.4 is 10.6 Å². The zero-order valence-corrected chi connectivity index (χ0v) is 13.4. The highest BCUT2D eigenvalue weighted by molar-refractivity contribution is 5.91. The van der Waals surface area contributed by atoms with Crippen molar-refractivity contribution in [2.24, 2.45) is 7.05 Å². The van der Waals surface area contributed by atoms with Crippen molar-refractivity contribution < 1.29 is 23.1 Å². The number of nitrogens with zero attached hydrogens (tertiary/aromatic N) is 6. The zero-order chi connectivity index (χ0) is 18.5. The maximum Gasteiger partial charge on any atom is 0.435 e. The number of alkyl halides is 3. The molecule has 3 rings (SSSR count). The number of aryl methyl sites for hydroxylation is 1. The highest BCUT2D eigenvalue weighted by Gasteiger charge is 2.40. The molecule has 3 N–H and O–H groups in total. The van der Waals surface area contributed by atoms with Crippen molar-refractivity contribution in [1.82, 2.24) is 24.6 Å². The molecule has 0 radical (unpaired) electrons. The summed E-state index contributed by atoms with van der Waals surface area (Å²) in [6.07, 6.45) is -5.75. The summed E-state index contributed by atoms with van der Waals surface area (Å²) in [6.45, 7) is 2.18. The monoisotopic (exact) mass is 359 g/mol. The second-order valence-electron chi connectivity index (χ2n) is 5.84. The summed E-state index contributed by atoms with van der Waals surface area (Å²) in [5.74, 6) is -0.160. The van der Waals surface area contributed by atoms with Gasteiger partial charge in [-0.05, 0) is 6.92 Å². The van der Waals surface area contributed by atoms with Crippen molar-refractivity contribution in [2.45, 2.75) is 19.1 Å². The molecule has 9 nitrogen and oxygen atoms in total. The summed E-state index contributed by atoms with van der Waals surface area (Å²) in [5.41, 5.74) is 4.55. The Balaban J connectivity index is 2.14. The molecular formula is C13H16F3N7O2.